The summed E-state index contributed by atoms with van der Waals surface area (Å²) in [5.74, 6) is -0.207. The Morgan fingerprint density at radius 1 is 0.946 bits per heavy atom. The average molecular weight is 537 g/mol. The first-order valence-corrected chi connectivity index (χ1v) is 13.1. The zero-order chi connectivity index (χ0) is 25.5. The minimum absolute atomic E-state index is 0. The lowest BCUT2D eigenvalue weighted by molar-refractivity contribution is -0.274. The van der Waals surface area contributed by atoms with Crippen molar-refractivity contribution in [3.8, 4) is 5.75 Å². The highest BCUT2D eigenvalue weighted by Gasteiger charge is 2.31. The molecule has 204 valence electrons. The summed E-state index contributed by atoms with van der Waals surface area (Å²) < 4.78 is 40.9. The lowest BCUT2D eigenvalue weighted by Crippen LogP contribution is -2.47. The maximum absolute atomic E-state index is 12.3. The van der Waals surface area contributed by atoms with Crippen LogP contribution >= 0.6 is 12.2 Å². The van der Waals surface area contributed by atoms with Crippen LogP contribution in [0.25, 0.3) is 0 Å². The normalized spacial score (nSPS) is 17.3. The minimum Gasteiger partial charge on any atom is -0.406 e. The van der Waals surface area contributed by atoms with E-state index in [9.17, 15) is 13.2 Å². The molecule has 0 bridgehead atoms. The summed E-state index contributed by atoms with van der Waals surface area (Å²) in [7, 11) is 0. The molecule has 2 aliphatic rings. The number of halogens is 3. The van der Waals surface area contributed by atoms with Crippen LogP contribution in [-0.4, -0.2) is 73.0 Å². The maximum Gasteiger partial charge on any atom is 0.573 e. The molecule has 2 aliphatic heterocycles. The van der Waals surface area contributed by atoms with Crippen molar-refractivity contribution in [2.24, 2.45) is 0 Å². The van der Waals surface area contributed by atoms with Crippen molar-refractivity contribution in [3.63, 3.8) is 0 Å². The first-order chi connectivity index (χ1) is 17.2. The van der Waals surface area contributed by atoms with Crippen molar-refractivity contribution in [2.75, 3.05) is 56.0 Å². The number of hydrogen-bond acceptors (Lipinski definition) is 5. The Hall–Kier alpha value is -2.52. The van der Waals surface area contributed by atoms with Gasteiger partial charge < -0.3 is 19.9 Å². The molecule has 2 fully saturated rings. The topological polar surface area (TPSA) is 31.0 Å². The van der Waals surface area contributed by atoms with Gasteiger partial charge in [0.05, 0.1) is 4.99 Å². The highest BCUT2D eigenvalue weighted by molar-refractivity contribution is 7.80. The summed E-state index contributed by atoms with van der Waals surface area (Å²) in [6, 6.07) is 15.0. The molecule has 2 aromatic carbocycles. The number of benzene rings is 2. The molecule has 37 heavy (non-hydrogen) atoms. The predicted molar refractivity (Wildman–Crippen MR) is 150 cm³/mol. The van der Waals surface area contributed by atoms with Gasteiger partial charge in [-0.1, -0.05) is 37.3 Å². The van der Waals surface area contributed by atoms with Crippen LogP contribution in [0.2, 0.25) is 0 Å². The fourth-order valence-electron chi connectivity index (χ4n) is 4.86. The largest absolute Gasteiger partial charge is 0.573 e. The Morgan fingerprint density at radius 2 is 1.57 bits per heavy atom. The molecule has 2 heterocycles. The molecule has 0 aliphatic carbocycles. The molecular formula is C28H39F3N4OS. The number of hydrogen-bond donors (Lipinski definition) is 1. The second-order valence-corrected chi connectivity index (χ2v) is 10.1. The van der Waals surface area contributed by atoms with Crippen molar-refractivity contribution < 1.29 is 17.9 Å². The molecule has 0 radical (unpaired) electrons. The van der Waals surface area contributed by atoms with Gasteiger partial charge in [-0.15, -0.1) is 13.2 Å². The van der Waals surface area contributed by atoms with Gasteiger partial charge in [0, 0.05) is 56.7 Å². The van der Waals surface area contributed by atoms with E-state index in [1.54, 1.807) is 12.1 Å². The fourth-order valence-corrected chi connectivity index (χ4v) is 5.19. The highest BCUT2D eigenvalue weighted by atomic mass is 32.1. The number of likely N-dealkylation sites (tertiary alicyclic amines) is 1. The Kier molecular flexibility index (Phi) is 10.5. The van der Waals surface area contributed by atoms with E-state index in [1.807, 2.05) is 0 Å². The minimum atomic E-state index is -4.67. The summed E-state index contributed by atoms with van der Waals surface area (Å²) in [5.41, 5.74) is 3.40. The van der Waals surface area contributed by atoms with Crippen LogP contribution in [0, 0.1) is 6.92 Å². The van der Waals surface area contributed by atoms with Crippen LogP contribution in [0.15, 0.2) is 48.5 Å². The molecule has 0 spiro atoms. The summed E-state index contributed by atoms with van der Waals surface area (Å²) in [4.78, 5) is 8.35. The zero-order valence-corrected chi connectivity index (χ0v) is 21.6. The summed E-state index contributed by atoms with van der Waals surface area (Å²) in [6.07, 6.45) is -0.763. The van der Waals surface area contributed by atoms with Gasteiger partial charge >= 0.3 is 6.36 Å². The third kappa shape index (κ3) is 9.07. The summed E-state index contributed by atoms with van der Waals surface area (Å²) in [5, 5.41) is 3.42. The van der Waals surface area contributed by atoms with Gasteiger partial charge in [0.2, 0.25) is 0 Å². The molecule has 2 saturated heterocycles. The second kappa shape index (κ2) is 13.3. The van der Waals surface area contributed by atoms with Crippen molar-refractivity contribution >= 4 is 28.6 Å². The monoisotopic (exact) mass is 536 g/mol. The number of nitrogens with zero attached hydrogens (tertiary/aromatic N) is 3. The van der Waals surface area contributed by atoms with Gasteiger partial charge in [0.15, 0.2) is 0 Å². The van der Waals surface area contributed by atoms with Gasteiger partial charge in [-0.25, -0.2) is 0 Å². The Bertz CT molecular complexity index is 968. The van der Waals surface area contributed by atoms with Crippen LogP contribution in [0.5, 0.6) is 5.75 Å². The maximum atomic E-state index is 12.3. The molecule has 0 atom stereocenters. The number of aryl methyl sites for hydroxylation is 1. The van der Waals surface area contributed by atoms with E-state index < -0.39 is 6.36 Å². The number of thiocarbonyl (C=S) groups is 1. The van der Waals surface area contributed by atoms with Gasteiger partial charge in [-0.2, -0.15) is 0 Å². The highest BCUT2D eigenvalue weighted by Crippen LogP contribution is 2.25. The number of rotatable bonds is 8. The summed E-state index contributed by atoms with van der Waals surface area (Å²) in [6.45, 7) is 9.30. The van der Waals surface area contributed by atoms with Gasteiger partial charge in [-0.05, 0) is 75.5 Å². The molecule has 5 nitrogen and oxygen atoms in total. The van der Waals surface area contributed by atoms with Gasteiger partial charge in [0.1, 0.15) is 5.75 Å². The molecule has 0 unspecified atom stereocenters. The Balaban J connectivity index is 0.00000380. The van der Waals surface area contributed by atoms with Gasteiger partial charge in [-0.3, -0.25) is 4.90 Å². The first kappa shape index (κ1) is 29.0. The standard InChI is InChI=1S/C27H35F3N4OS.CH4/c1-21-4-8-24(9-5-21)33-19-17-32(18-20-33)14-2-3-26(36)34-15-12-23(13-16-34)31-22-6-10-25(11-7-22)35-27(28,29)30;/h4-11,23,31H,2-3,12-20H2,1H3;1H4. The van der Waals surface area contributed by atoms with E-state index in [4.69, 9.17) is 12.2 Å². The van der Waals surface area contributed by atoms with Crippen LogP contribution in [0.4, 0.5) is 24.5 Å². The lowest BCUT2D eigenvalue weighted by atomic mass is 10.0. The molecule has 0 amide bonds. The zero-order valence-electron chi connectivity index (χ0n) is 20.8. The van der Waals surface area contributed by atoms with Crippen molar-refractivity contribution in [1.82, 2.24) is 9.80 Å². The molecule has 4 rings (SSSR count). The molecule has 0 saturated carbocycles. The van der Waals surface area contributed by atoms with Crippen molar-refractivity contribution in [3.05, 3.63) is 54.1 Å². The third-order valence-corrected chi connectivity index (χ3v) is 7.41. The SMILES string of the molecule is C.Cc1ccc(N2CCN(CCCC(=S)N3CCC(Nc4ccc(OC(F)(F)F)cc4)CC3)CC2)cc1. The summed E-state index contributed by atoms with van der Waals surface area (Å²) >= 11 is 5.73. The number of anilines is 2. The van der Waals surface area contributed by atoms with E-state index in [2.05, 4.69) is 55.9 Å². The molecule has 2 aromatic rings. The van der Waals surface area contributed by atoms with Crippen molar-refractivity contribution in [2.45, 2.75) is 52.4 Å². The van der Waals surface area contributed by atoms with E-state index in [0.29, 0.717) is 0 Å². The van der Waals surface area contributed by atoms with E-state index in [0.717, 1.165) is 82.2 Å². The first-order valence-electron chi connectivity index (χ1n) is 12.7. The molecular weight excluding hydrogens is 497 g/mol. The molecule has 1 N–H and O–H groups in total. The Labute approximate surface area is 224 Å². The van der Waals surface area contributed by atoms with Crippen LogP contribution in [0.3, 0.4) is 0 Å². The van der Waals surface area contributed by atoms with E-state index in [1.165, 1.54) is 23.4 Å². The van der Waals surface area contributed by atoms with Gasteiger partial charge in [0.25, 0.3) is 0 Å². The number of piperazine rings is 1. The average Bonchev–Trinajstić information content (AvgIpc) is 2.86. The van der Waals surface area contributed by atoms with Crippen LogP contribution in [0.1, 0.15) is 38.7 Å². The molecule has 0 aromatic heterocycles. The van der Waals surface area contributed by atoms with Crippen molar-refractivity contribution in [1.29, 1.82) is 0 Å². The Morgan fingerprint density at radius 3 is 2.16 bits per heavy atom. The van der Waals surface area contributed by atoms with Crippen LogP contribution < -0.4 is 15.0 Å². The number of nitrogens with one attached hydrogen (secondary N) is 1. The van der Waals surface area contributed by atoms with Crippen LogP contribution in [-0.2, 0) is 0 Å². The second-order valence-electron chi connectivity index (χ2n) is 9.64. The van der Waals surface area contributed by atoms with E-state index >= 15 is 0 Å². The lowest BCUT2D eigenvalue weighted by Gasteiger charge is -2.37. The number of alkyl halides is 3. The number of piperidine rings is 1. The smallest absolute Gasteiger partial charge is 0.406 e. The fraction of sp³-hybridized carbons (Fsp3) is 0.536. The molecule has 9 heteroatoms. The quantitative estimate of drug-likeness (QED) is 0.397. The number of ether oxygens (including phenoxy) is 1. The third-order valence-electron chi connectivity index (χ3n) is 6.94. The van der Waals surface area contributed by atoms with E-state index in [-0.39, 0.29) is 19.2 Å². The predicted octanol–water partition coefficient (Wildman–Crippen LogP) is 6.34.